The summed E-state index contributed by atoms with van der Waals surface area (Å²) < 4.78 is 0. The van der Waals surface area contributed by atoms with Crippen molar-refractivity contribution in [3.63, 3.8) is 0 Å². The molecule has 106 valence electrons. The van der Waals surface area contributed by atoms with Crippen LogP contribution in [0, 0.1) is 5.41 Å². The van der Waals surface area contributed by atoms with E-state index >= 15 is 0 Å². The molecule has 0 aromatic heterocycles. The van der Waals surface area contributed by atoms with Gasteiger partial charge in [-0.3, -0.25) is 4.79 Å². The first-order chi connectivity index (χ1) is 8.45. The van der Waals surface area contributed by atoms with Crippen molar-refractivity contribution in [2.24, 2.45) is 5.41 Å². The molecule has 1 heterocycles. The fourth-order valence-corrected chi connectivity index (χ4v) is 2.57. The molecule has 1 saturated heterocycles. The van der Waals surface area contributed by atoms with Crippen LogP contribution in [0.1, 0.15) is 59.8 Å². The Bertz CT molecular complexity index is 258. The van der Waals surface area contributed by atoms with Gasteiger partial charge in [0.05, 0.1) is 0 Å². The number of carbonyl (C=O) groups excluding carboxylic acids is 1. The molecule has 1 aliphatic rings. The summed E-state index contributed by atoms with van der Waals surface area (Å²) in [6, 6.07) is 0.775. The minimum absolute atomic E-state index is 0.160. The summed E-state index contributed by atoms with van der Waals surface area (Å²) in [6.45, 7) is 11.3. The Morgan fingerprint density at radius 2 is 2.06 bits per heavy atom. The van der Waals surface area contributed by atoms with E-state index in [-0.39, 0.29) is 11.3 Å². The van der Waals surface area contributed by atoms with E-state index in [1.165, 1.54) is 32.2 Å². The first-order valence-corrected chi connectivity index (χ1v) is 7.47. The molecule has 1 N–H and O–H groups in total. The van der Waals surface area contributed by atoms with Crippen LogP contribution in [-0.2, 0) is 4.79 Å². The molecule has 1 rings (SSSR count). The van der Waals surface area contributed by atoms with Crippen molar-refractivity contribution in [1.29, 1.82) is 0 Å². The van der Waals surface area contributed by atoms with Crippen molar-refractivity contribution < 1.29 is 4.79 Å². The van der Waals surface area contributed by atoms with Crippen molar-refractivity contribution in [3.05, 3.63) is 0 Å². The van der Waals surface area contributed by atoms with E-state index in [0.717, 1.165) is 25.6 Å². The molecule has 0 spiro atoms. The molecule has 0 aromatic carbocycles. The highest BCUT2D eigenvalue weighted by Crippen LogP contribution is 2.19. The van der Waals surface area contributed by atoms with Crippen LogP contribution in [0.3, 0.4) is 0 Å². The van der Waals surface area contributed by atoms with Crippen LogP contribution in [0.2, 0.25) is 0 Å². The molecule has 0 aliphatic carbocycles. The molecule has 0 radical (unpaired) electrons. The van der Waals surface area contributed by atoms with E-state index < -0.39 is 0 Å². The molecule has 18 heavy (non-hydrogen) atoms. The maximum Gasteiger partial charge on any atom is 0.225 e. The average molecular weight is 254 g/mol. The summed E-state index contributed by atoms with van der Waals surface area (Å²) in [5.41, 5.74) is -0.267. The first kappa shape index (κ1) is 15.5. The van der Waals surface area contributed by atoms with Gasteiger partial charge in [-0.15, -0.1) is 0 Å². The topological polar surface area (TPSA) is 32.3 Å². The maximum atomic E-state index is 11.7. The molecule has 3 heteroatoms. The van der Waals surface area contributed by atoms with Gasteiger partial charge in [0.1, 0.15) is 0 Å². The van der Waals surface area contributed by atoms with Crippen LogP contribution in [0.5, 0.6) is 0 Å². The average Bonchev–Trinajstić information content (AvgIpc) is 2.33. The number of rotatable bonds is 5. The quantitative estimate of drug-likeness (QED) is 0.765. The van der Waals surface area contributed by atoms with E-state index in [0.29, 0.717) is 0 Å². The number of nitrogens with zero attached hydrogens (tertiary/aromatic N) is 1. The largest absolute Gasteiger partial charge is 0.356 e. The predicted octanol–water partition coefficient (Wildman–Crippen LogP) is 2.80. The number of hydrogen-bond acceptors (Lipinski definition) is 2. The zero-order chi connectivity index (χ0) is 13.6. The second-order valence-corrected chi connectivity index (χ2v) is 6.45. The predicted molar refractivity (Wildman–Crippen MR) is 76.6 cm³/mol. The number of carbonyl (C=O) groups is 1. The highest BCUT2D eigenvalue weighted by atomic mass is 16.2. The fraction of sp³-hybridized carbons (Fsp3) is 0.933. The van der Waals surface area contributed by atoms with Crippen LogP contribution in [0.4, 0.5) is 0 Å². The SMILES string of the molecule is CC[C@@H]1CCCCN1CCCNC(=O)C(C)(C)C. The van der Waals surface area contributed by atoms with Gasteiger partial charge >= 0.3 is 0 Å². The Hall–Kier alpha value is -0.570. The van der Waals surface area contributed by atoms with Crippen LogP contribution in [0.25, 0.3) is 0 Å². The third kappa shape index (κ3) is 4.97. The van der Waals surface area contributed by atoms with Gasteiger partial charge < -0.3 is 10.2 Å². The molecule has 1 aliphatic heterocycles. The molecule has 0 unspecified atom stereocenters. The molecule has 1 fully saturated rings. The van der Waals surface area contributed by atoms with Gasteiger partial charge in [0.25, 0.3) is 0 Å². The number of amides is 1. The van der Waals surface area contributed by atoms with Crippen LogP contribution >= 0.6 is 0 Å². The second-order valence-electron chi connectivity index (χ2n) is 6.45. The molecule has 0 aromatic rings. The Morgan fingerprint density at radius 1 is 1.33 bits per heavy atom. The highest BCUT2D eigenvalue weighted by Gasteiger charge is 2.22. The third-order valence-electron chi connectivity index (χ3n) is 3.81. The van der Waals surface area contributed by atoms with E-state index in [1.54, 1.807) is 0 Å². The highest BCUT2D eigenvalue weighted by molar-refractivity contribution is 5.81. The first-order valence-electron chi connectivity index (χ1n) is 7.47. The van der Waals surface area contributed by atoms with Crippen molar-refractivity contribution in [2.45, 2.75) is 65.8 Å². The zero-order valence-electron chi connectivity index (χ0n) is 12.6. The van der Waals surface area contributed by atoms with Crippen molar-refractivity contribution >= 4 is 5.91 Å². The van der Waals surface area contributed by atoms with Crippen molar-refractivity contribution in [1.82, 2.24) is 10.2 Å². The minimum atomic E-state index is -0.267. The summed E-state index contributed by atoms with van der Waals surface area (Å²) in [7, 11) is 0. The summed E-state index contributed by atoms with van der Waals surface area (Å²) in [4.78, 5) is 14.3. The third-order valence-corrected chi connectivity index (χ3v) is 3.81. The van der Waals surface area contributed by atoms with Gasteiger partial charge in [-0.25, -0.2) is 0 Å². The number of piperidine rings is 1. The van der Waals surface area contributed by atoms with E-state index in [2.05, 4.69) is 17.1 Å². The van der Waals surface area contributed by atoms with E-state index in [9.17, 15) is 4.79 Å². The Kier molecular flexibility index (Phi) is 6.13. The van der Waals surface area contributed by atoms with Gasteiger partial charge in [0.15, 0.2) is 0 Å². The summed E-state index contributed by atoms with van der Waals surface area (Å²) >= 11 is 0. The summed E-state index contributed by atoms with van der Waals surface area (Å²) in [6.07, 6.45) is 6.40. The summed E-state index contributed by atoms with van der Waals surface area (Å²) in [5.74, 6) is 0.160. The van der Waals surface area contributed by atoms with Gasteiger partial charge in [0, 0.05) is 24.5 Å². The van der Waals surface area contributed by atoms with Crippen molar-refractivity contribution in [2.75, 3.05) is 19.6 Å². The molecule has 1 atom stereocenters. The van der Waals surface area contributed by atoms with E-state index in [1.807, 2.05) is 20.8 Å². The molecule has 1 amide bonds. The maximum absolute atomic E-state index is 11.7. The molecule has 3 nitrogen and oxygen atoms in total. The standard InChI is InChI=1S/C15H30N2O/c1-5-13-9-6-7-11-17(13)12-8-10-16-14(18)15(2,3)4/h13H,5-12H2,1-4H3,(H,16,18)/t13-/m1/s1. The lowest BCUT2D eigenvalue weighted by atomic mass is 9.96. The smallest absolute Gasteiger partial charge is 0.225 e. The van der Waals surface area contributed by atoms with Crippen molar-refractivity contribution in [3.8, 4) is 0 Å². The van der Waals surface area contributed by atoms with Gasteiger partial charge in [-0.05, 0) is 32.2 Å². The Morgan fingerprint density at radius 3 is 2.67 bits per heavy atom. The molecule has 0 saturated carbocycles. The minimum Gasteiger partial charge on any atom is -0.356 e. The normalized spacial score (nSPS) is 21.9. The van der Waals surface area contributed by atoms with Crippen LogP contribution < -0.4 is 5.32 Å². The molecule has 0 bridgehead atoms. The van der Waals surface area contributed by atoms with Gasteiger partial charge in [-0.2, -0.15) is 0 Å². The van der Waals surface area contributed by atoms with Gasteiger partial charge in [-0.1, -0.05) is 34.1 Å². The van der Waals surface area contributed by atoms with E-state index in [4.69, 9.17) is 0 Å². The molecular formula is C15H30N2O. The van der Waals surface area contributed by atoms with Crippen LogP contribution in [0.15, 0.2) is 0 Å². The molecular weight excluding hydrogens is 224 g/mol. The lowest BCUT2D eigenvalue weighted by Crippen LogP contribution is -2.41. The van der Waals surface area contributed by atoms with Gasteiger partial charge in [0.2, 0.25) is 5.91 Å². The second kappa shape index (κ2) is 7.13. The number of nitrogens with one attached hydrogen (secondary N) is 1. The Balaban J connectivity index is 2.19. The fourth-order valence-electron chi connectivity index (χ4n) is 2.57. The lowest BCUT2D eigenvalue weighted by molar-refractivity contribution is -0.128. The Labute approximate surface area is 112 Å². The number of hydrogen-bond donors (Lipinski definition) is 1. The summed E-state index contributed by atoms with van der Waals surface area (Å²) in [5, 5.41) is 3.03. The zero-order valence-corrected chi connectivity index (χ0v) is 12.6. The van der Waals surface area contributed by atoms with Crippen LogP contribution in [-0.4, -0.2) is 36.5 Å². The number of likely N-dealkylation sites (tertiary alicyclic amines) is 1. The monoisotopic (exact) mass is 254 g/mol. The lowest BCUT2D eigenvalue weighted by Gasteiger charge is -2.35.